The Kier molecular flexibility index (Phi) is 40.3. The van der Waals surface area contributed by atoms with Gasteiger partial charge in [-0.15, -0.1) is 0 Å². The van der Waals surface area contributed by atoms with E-state index in [1.165, 1.54) is 6.42 Å². The Morgan fingerprint density at radius 1 is 0.449 bits per heavy atom. The van der Waals surface area contributed by atoms with Crippen LogP contribution in [0.5, 0.6) is 0 Å². The van der Waals surface area contributed by atoms with Gasteiger partial charge in [0.25, 0.3) is 0 Å². The minimum Gasteiger partial charge on any atom is -0.462 e. The summed E-state index contributed by atoms with van der Waals surface area (Å²) in [5.74, 6) is -1.13. The van der Waals surface area contributed by atoms with Gasteiger partial charge in [0, 0.05) is 12.8 Å². The second-order valence-electron chi connectivity index (χ2n) is 17.6. The van der Waals surface area contributed by atoms with Crippen LogP contribution >= 0.6 is 7.82 Å². The van der Waals surface area contributed by atoms with Crippen molar-refractivity contribution < 1.29 is 63.1 Å². The van der Waals surface area contributed by atoms with Crippen LogP contribution in [0.3, 0.4) is 0 Å². The summed E-state index contributed by atoms with van der Waals surface area (Å²) in [5, 5.41) is 50.3. The predicted molar refractivity (Wildman–Crippen MR) is 276 cm³/mol. The lowest BCUT2D eigenvalue weighted by molar-refractivity contribution is -0.220. The smallest absolute Gasteiger partial charge is 0.462 e. The number of rotatable bonds is 42. The molecule has 0 aromatic rings. The standard InChI is InChI=1S/C55H91O13P/c1-3-5-7-9-11-13-15-17-19-21-23-24-26-28-30-32-34-36-38-40-42-44-49(57)67-47(46-66-69(63,64)68-55-53(61)51(59)50(58)52(60)54(55)62)45-65-48(56)43-41-39-37-35-33-31-29-27-25-22-20-18-16-14-12-10-8-6-4-2/h5-8,11-14,17-20,23-25,27,47,50-55,58-62H,3-4,9-10,15-16,21-22,26,28-46H2,1-2H3,(H,63,64)/b7-5-,8-6-,13-11-,14-12-,19-17-,20-18-,24-23-,27-25-. The van der Waals surface area contributed by atoms with Crippen molar-refractivity contribution in [3.05, 3.63) is 97.2 Å². The molecular formula is C55H91O13P. The maximum Gasteiger partial charge on any atom is 0.472 e. The van der Waals surface area contributed by atoms with E-state index in [9.17, 15) is 44.6 Å². The van der Waals surface area contributed by atoms with E-state index in [2.05, 4.69) is 111 Å². The van der Waals surface area contributed by atoms with Crippen LogP contribution in [-0.2, 0) is 32.7 Å². The number of phosphoric ester groups is 1. The molecule has 0 aliphatic heterocycles. The molecule has 1 rings (SSSR count). The molecule has 394 valence electrons. The quantitative estimate of drug-likeness (QED) is 0.0146. The molecule has 0 bridgehead atoms. The number of unbranched alkanes of at least 4 members (excludes halogenated alkanes) is 14. The fraction of sp³-hybridized carbons (Fsp3) is 0.673. The Morgan fingerprint density at radius 2 is 0.783 bits per heavy atom. The van der Waals surface area contributed by atoms with Gasteiger partial charge in [-0.3, -0.25) is 18.6 Å². The summed E-state index contributed by atoms with van der Waals surface area (Å²) in [6.07, 6.45) is 45.8. The van der Waals surface area contributed by atoms with Crippen molar-refractivity contribution in [2.24, 2.45) is 0 Å². The second kappa shape index (κ2) is 43.5. The lowest BCUT2D eigenvalue weighted by Crippen LogP contribution is -2.64. The highest BCUT2D eigenvalue weighted by Gasteiger charge is 2.51. The first-order valence-corrected chi connectivity index (χ1v) is 27.5. The van der Waals surface area contributed by atoms with Crippen molar-refractivity contribution in [2.75, 3.05) is 13.2 Å². The van der Waals surface area contributed by atoms with Crippen LogP contribution < -0.4 is 0 Å². The molecule has 6 atom stereocenters. The third-order valence-corrected chi connectivity index (χ3v) is 12.4. The Balaban J connectivity index is 2.42. The van der Waals surface area contributed by atoms with Gasteiger partial charge in [0.15, 0.2) is 6.10 Å². The molecule has 6 N–H and O–H groups in total. The number of hydrogen-bond donors (Lipinski definition) is 6. The lowest BCUT2D eigenvalue weighted by atomic mass is 9.85. The third-order valence-electron chi connectivity index (χ3n) is 11.4. The first kappa shape index (κ1) is 63.8. The molecule has 0 radical (unpaired) electrons. The van der Waals surface area contributed by atoms with Crippen molar-refractivity contribution in [3.63, 3.8) is 0 Å². The van der Waals surface area contributed by atoms with E-state index in [0.29, 0.717) is 12.8 Å². The van der Waals surface area contributed by atoms with Crippen molar-refractivity contribution in [1.29, 1.82) is 0 Å². The molecule has 0 saturated heterocycles. The van der Waals surface area contributed by atoms with Gasteiger partial charge < -0.3 is 39.9 Å². The van der Waals surface area contributed by atoms with Gasteiger partial charge in [-0.1, -0.05) is 175 Å². The van der Waals surface area contributed by atoms with Crippen molar-refractivity contribution >= 4 is 19.8 Å². The zero-order valence-corrected chi connectivity index (χ0v) is 43.0. The van der Waals surface area contributed by atoms with Crippen LogP contribution in [0.4, 0.5) is 0 Å². The highest BCUT2D eigenvalue weighted by molar-refractivity contribution is 7.47. The third kappa shape index (κ3) is 35.5. The number of carbonyl (C=O) groups excluding carboxylic acids is 2. The maximum absolute atomic E-state index is 12.9. The number of aliphatic hydroxyl groups excluding tert-OH is 5. The lowest BCUT2D eigenvalue weighted by Gasteiger charge is -2.41. The first-order chi connectivity index (χ1) is 33.4. The van der Waals surface area contributed by atoms with Crippen LogP contribution in [-0.4, -0.2) is 98.3 Å². The van der Waals surface area contributed by atoms with E-state index >= 15 is 0 Å². The van der Waals surface area contributed by atoms with Gasteiger partial charge in [0.2, 0.25) is 0 Å². The highest BCUT2D eigenvalue weighted by atomic mass is 31.2. The van der Waals surface area contributed by atoms with Gasteiger partial charge in [-0.25, -0.2) is 4.57 Å². The Morgan fingerprint density at radius 3 is 1.19 bits per heavy atom. The summed E-state index contributed by atoms with van der Waals surface area (Å²) in [5.41, 5.74) is 0. The average molecular weight is 991 g/mol. The number of hydrogen-bond acceptors (Lipinski definition) is 12. The normalized spacial score (nSPS) is 21.7. The SMILES string of the molecule is CC/C=C\C/C=C\C/C=C\C/C=C\CCCCCCCCCCC(=O)OC(COC(=O)CCCCCCCC/C=C\C/C=C\C/C=C\C/C=C\CC)COP(=O)(O)OC1C(O)C(O)C(O)C(O)C1O. The predicted octanol–water partition coefficient (Wildman–Crippen LogP) is 11.4. The van der Waals surface area contributed by atoms with Crippen molar-refractivity contribution in [3.8, 4) is 0 Å². The molecule has 13 nitrogen and oxygen atoms in total. The number of phosphoric acid groups is 1. The number of allylic oxidation sites excluding steroid dienone is 16. The molecule has 1 saturated carbocycles. The van der Waals surface area contributed by atoms with E-state index in [1.807, 2.05) is 0 Å². The van der Waals surface area contributed by atoms with E-state index in [0.717, 1.165) is 135 Å². The van der Waals surface area contributed by atoms with E-state index in [1.54, 1.807) is 0 Å². The molecule has 1 aliphatic carbocycles. The zero-order valence-electron chi connectivity index (χ0n) is 42.1. The van der Waals surface area contributed by atoms with Crippen LogP contribution in [0.25, 0.3) is 0 Å². The summed E-state index contributed by atoms with van der Waals surface area (Å²) < 4.78 is 33.7. The second-order valence-corrected chi connectivity index (χ2v) is 19.0. The molecule has 6 unspecified atom stereocenters. The number of ether oxygens (including phenoxy) is 2. The molecule has 1 fully saturated rings. The van der Waals surface area contributed by atoms with Gasteiger partial charge in [0.05, 0.1) is 6.61 Å². The molecule has 0 heterocycles. The maximum atomic E-state index is 12.9. The van der Waals surface area contributed by atoms with Crippen molar-refractivity contribution in [1.82, 2.24) is 0 Å². The molecule has 69 heavy (non-hydrogen) atoms. The minimum absolute atomic E-state index is 0.0780. The summed E-state index contributed by atoms with van der Waals surface area (Å²) in [6, 6.07) is 0. The summed E-state index contributed by atoms with van der Waals surface area (Å²) in [4.78, 5) is 35.9. The average Bonchev–Trinajstić information content (AvgIpc) is 3.33. The molecule has 0 spiro atoms. The van der Waals surface area contributed by atoms with Crippen LogP contribution in [0, 0.1) is 0 Å². The molecule has 0 aromatic heterocycles. The largest absolute Gasteiger partial charge is 0.472 e. The Hall–Kier alpha value is -3.23. The van der Waals surface area contributed by atoms with Gasteiger partial charge in [-0.05, 0) is 89.9 Å². The van der Waals surface area contributed by atoms with Crippen LogP contribution in [0.2, 0.25) is 0 Å². The van der Waals surface area contributed by atoms with E-state index < -0.39 is 75.7 Å². The minimum atomic E-state index is -5.14. The number of aliphatic hydroxyl groups is 5. The molecule has 14 heteroatoms. The van der Waals surface area contributed by atoms with Gasteiger partial charge in [0.1, 0.15) is 43.2 Å². The summed E-state index contributed by atoms with van der Waals surface area (Å²) in [7, 11) is -5.14. The summed E-state index contributed by atoms with van der Waals surface area (Å²) in [6.45, 7) is 3.07. The molecular weight excluding hydrogens is 900 g/mol. The van der Waals surface area contributed by atoms with Crippen LogP contribution in [0.1, 0.15) is 181 Å². The monoisotopic (exact) mass is 991 g/mol. The zero-order chi connectivity index (χ0) is 50.6. The number of carbonyl (C=O) groups is 2. The van der Waals surface area contributed by atoms with Gasteiger partial charge >= 0.3 is 19.8 Å². The Bertz CT molecular complexity index is 1570. The first-order valence-electron chi connectivity index (χ1n) is 26.0. The fourth-order valence-electron chi connectivity index (χ4n) is 7.33. The van der Waals surface area contributed by atoms with Gasteiger partial charge in [-0.2, -0.15) is 0 Å². The van der Waals surface area contributed by atoms with E-state index in [-0.39, 0.29) is 12.8 Å². The molecule has 0 amide bonds. The number of esters is 2. The van der Waals surface area contributed by atoms with Crippen molar-refractivity contribution in [2.45, 2.75) is 224 Å². The highest BCUT2D eigenvalue weighted by Crippen LogP contribution is 2.47. The fourth-order valence-corrected chi connectivity index (χ4v) is 8.30. The van der Waals surface area contributed by atoms with Crippen LogP contribution in [0.15, 0.2) is 97.2 Å². The molecule has 0 aromatic carbocycles. The Labute approximate surface area is 415 Å². The molecule has 1 aliphatic rings. The summed E-state index contributed by atoms with van der Waals surface area (Å²) >= 11 is 0. The topological polar surface area (TPSA) is 210 Å². The van der Waals surface area contributed by atoms with E-state index in [4.69, 9.17) is 18.5 Å².